The Morgan fingerprint density at radius 2 is 2.05 bits per heavy atom. The molecule has 1 atom stereocenters. The van der Waals surface area contributed by atoms with Gasteiger partial charge in [0.1, 0.15) is 16.5 Å². The Hall–Kier alpha value is -1.25. The monoisotopic (exact) mass is 292 g/mol. The number of hydrogen-bond acceptors (Lipinski definition) is 4. The molecule has 0 saturated carbocycles. The number of ether oxygens (including phenoxy) is 1. The van der Waals surface area contributed by atoms with E-state index >= 15 is 0 Å². The molecule has 0 aliphatic carbocycles. The second-order valence-electron chi connectivity index (χ2n) is 4.34. The third-order valence-corrected chi connectivity index (χ3v) is 4.97. The van der Waals surface area contributed by atoms with Crippen molar-refractivity contribution in [1.29, 1.82) is 0 Å². The highest BCUT2D eigenvalue weighted by molar-refractivity contribution is 7.89. The van der Waals surface area contributed by atoms with E-state index in [4.69, 9.17) is 10.5 Å². The first kappa shape index (κ1) is 14.2. The summed E-state index contributed by atoms with van der Waals surface area (Å²) in [5, 5.41) is 0. The van der Waals surface area contributed by atoms with Gasteiger partial charge in [0.15, 0.2) is 0 Å². The van der Waals surface area contributed by atoms with E-state index in [9.17, 15) is 17.2 Å². The lowest BCUT2D eigenvalue weighted by molar-refractivity contribution is 0.0392. The molecule has 1 unspecified atom stereocenters. The molecule has 0 spiro atoms. The fourth-order valence-electron chi connectivity index (χ4n) is 1.94. The minimum Gasteiger partial charge on any atom is -0.396 e. The number of sulfonamides is 1. The molecule has 1 aliphatic rings. The first-order chi connectivity index (χ1) is 8.84. The van der Waals surface area contributed by atoms with Gasteiger partial charge in [0.25, 0.3) is 0 Å². The molecular weight excluding hydrogens is 278 g/mol. The van der Waals surface area contributed by atoms with E-state index in [1.54, 1.807) is 6.92 Å². The quantitative estimate of drug-likeness (QED) is 0.824. The predicted octanol–water partition coefficient (Wildman–Crippen LogP) is 0.956. The van der Waals surface area contributed by atoms with Gasteiger partial charge in [0.2, 0.25) is 10.0 Å². The molecule has 0 amide bonds. The van der Waals surface area contributed by atoms with Crippen LogP contribution in [0.2, 0.25) is 0 Å². The van der Waals surface area contributed by atoms with E-state index in [1.807, 2.05) is 0 Å². The maximum atomic E-state index is 13.7. The van der Waals surface area contributed by atoms with Crippen LogP contribution in [0.15, 0.2) is 17.0 Å². The predicted molar refractivity (Wildman–Crippen MR) is 64.9 cm³/mol. The minimum atomic E-state index is -4.05. The summed E-state index contributed by atoms with van der Waals surface area (Å²) in [6.07, 6.45) is 0. The summed E-state index contributed by atoms with van der Waals surface area (Å²) in [7, 11) is -4.05. The molecule has 1 aromatic rings. The van der Waals surface area contributed by atoms with Crippen molar-refractivity contribution in [1.82, 2.24) is 4.31 Å². The number of nitrogens with two attached hydrogens (primary N) is 1. The molecule has 1 fully saturated rings. The standard InChI is InChI=1S/C11H14F2N2O3S/c1-7-6-18-3-2-15(7)19(16,17)11-5-10(14)8(12)4-9(11)13/h4-5,7H,2-3,6,14H2,1H3. The topological polar surface area (TPSA) is 72.6 Å². The van der Waals surface area contributed by atoms with Crippen LogP contribution in [0.1, 0.15) is 6.92 Å². The Morgan fingerprint density at radius 1 is 1.37 bits per heavy atom. The third-order valence-electron chi connectivity index (χ3n) is 2.94. The van der Waals surface area contributed by atoms with Crippen LogP contribution in [-0.4, -0.2) is 38.5 Å². The summed E-state index contributed by atoms with van der Waals surface area (Å²) in [4.78, 5) is -0.611. The molecule has 0 aromatic heterocycles. The second-order valence-corrected chi connectivity index (χ2v) is 6.20. The SMILES string of the molecule is CC1COCCN1S(=O)(=O)c1cc(N)c(F)cc1F. The summed E-state index contributed by atoms with van der Waals surface area (Å²) in [6.45, 7) is 2.25. The Kier molecular flexibility index (Phi) is 3.75. The number of halogens is 2. The van der Waals surface area contributed by atoms with Crippen LogP contribution in [-0.2, 0) is 14.8 Å². The molecule has 1 saturated heterocycles. The van der Waals surface area contributed by atoms with Gasteiger partial charge in [0, 0.05) is 18.7 Å². The lowest BCUT2D eigenvalue weighted by atomic mass is 10.3. The van der Waals surface area contributed by atoms with Gasteiger partial charge in [-0.3, -0.25) is 0 Å². The Labute approximate surface area is 110 Å². The highest BCUT2D eigenvalue weighted by Crippen LogP contribution is 2.26. The third kappa shape index (κ3) is 2.56. The van der Waals surface area contributed by atoms with Crippen molar-refractivity contribution in [2.24, 2.45) is 0 Å². The Balaban J connectivity index is 2.47. The zero-order chi connectivity index (χ0) is 14.2. The maximum Gasteiger partial charge on any atom is 0.246 e. The van der Waals surface area contributed by atoms with E-state index in [-0.39, 0.29) is 19.8 Å². The second kappa shape index (κ2) is 5.03. The molecule has 1 aliphatic heterocycles. The van der Waals surface area contributed by atoms with Crippen LogP contribution >= 0.6 is 0 Å². The maximum absolute atomic E-state index is 13.7. The van der Waals surface area contributed by atoms with Crippen LogP contribution in [0.25, 0.3) is 0 Å². The summed E-state index contributed by atoms with van der Waals surface area (Å²) in [6, 6.07) is 0.875. The van der Waals surface area contributed by atoms with Crippen molar-refractivity contribution in [3.05, 3.63) is 23.8 Å². The molecule has 0 radical (unpaired) electrons. The highest BCUT2D eigenvalue weighted by atomic mass is 32.2. The zero-order valence-corrected chi connectivity index (χ0v) is 11.1. The first-order valence-electron chi connectivity index (χ1n) is 5.68. The molecule has 106 valence electrons. The molecular formula is C11H14F2N2O3S. The van der Waals surface area contributed by atoms with Crippen LogP contribution in [0.4, 0.5) is 14.5 Å². The average Bonchev–Trinajstić information content (AvgIpc) is 2.34. The number of nitrogens with zero attached hydrogens (tertiary/aromatic N) is 1. The summed E-state index contributed by atoms with van der Waals surface area (Å²) in [5.41, 5.74) is 4.90. The molecule has 5 nitrogen and oxygen atoms in total. The summed E-state index contributed by atoms with van der Waals surface area (Å²) >= 11 is 0. The normalized spacial score (nSPS) is 21.5. The lowest BCUT2D eigenvalue weighted by Gasteiger charge is -2.32. The number of morpholine rings is 1. The van der Waals surface area contributed by atoms with Gasteiger partial charge in [0.05, 0.1) is 18.9 Å². The van der Waals surface area contributed by atoms with Crippen molar-refractivity contribution in [3.63, 3.8) is 0 Å². The summed E-state index contributed by atoms with van der Waals surface area (Å²) in [5.74, 6) is -2.13. The molecule has 2 rings (SSSR count). The molecule has 19 heavy (non-hydrogen) atoms. The van der Waals surface area contributed by atoms with Crippen molar-refractivity contribution in [2.45, 2.75) is 17.9 Å². The largest absolute Gasteiger partial charge is 0.396 e. The Morgan fingerprint density at radius 3 is 2.68 bits per heavy atom. The molecule has 1 heterocycles. The van der Waals surface area contributed by atoms with Crippen LogP contribution < -0.4 is 5.73 Å². The summed E-state index contributed by atoms with van der Waals surface area (Å²) < 4.78 is 57.7. The zero-order valence-electron chi connectivity index (χ0n) is 10.3. The molecule has 2 N–H and O–H groups in total. The van der Waals surface area contributed by atoms with Crippen molar-refractivity contribution < 1.29 is 21.9 Å². The fourth-order valence-corrected chi connectivity index (χ4v) is 3.62. The van der Waals surface area contributed by atoms with E-state index in [1.165, 1.54) is 0 Å². The molecule has 8 heteroatoms. The van der Waals surface area contributed by atoms with E-state index < -0.39 is 38.3 Å². The smallest absolute Gasteiger partial charge is 0.246 e. The van der Waals surface area contributed by atoms with Gasteiger partial charge in [-0.1, -0.05) is 0 Å². The van der Waals surface area contributed by atoms with E-state index in [2.05, 4.69) is 0 Å². The first-order valence-corrected chi connectivity index (χ1v) is 7.12. The lowest BCUT2D eigenvalue weighted by Crippen LogP contribution is -2.47. The number of rotatable bonds is 2. The Bertz CT molecular complexity index is 592. The van der Waals surface area contributed by atoms with Gasteiger partial charge in [-0.15, -0.1) is 0 Å². The molecule has 1 aromatic carbocycles. The fraction of sp³-hybridized carbons (Fsp3) is 0.455. The van der Waals surface area contributed by atoms with Crippen molar-refractivity contribution >= 4 is 15.7 Å². The number of benzene rings is 1. The van der Waals surface area contributed by atoms with Gasteiger partial charge in [-0.05, 0) is 13.0 Å². The van der Waals surface area contributed by atoms with Gasteiger partial charge in [-0.2, -0.15) is 4.31 Å². The number of hydrogen-bond donors (Lipinski definition) is 1. The molecule has 0 bridgehead atoms. The number of nitrogen functional groups attached to an aromatic ring is 1. The van der Waals surface area contributed by atoms with E-state index in [0.717, 1.165) is 10.4 Å². The van der Waals surface area contributed by atoms with Crippen molar-refractivity contribution in [3.8, 4) is 0 Å². The van der Waals surface area contributed by atoms with Crippen molar-refractivity contribution in [2.75, 3.05) is 25.5 Å². The van der Waals surface area contributed by atoms with E-state index in [0.29, 0.717) is 6.07 Å². The van der Waals surface area contributed by atoms with Crippen LogP contribution in [0, 0.1) is 11.6 Å². The minimum absolute atomic E-state index is 0.125. The van der Waals surface area contributed by atoms with Gasteiger partial charge >= 0.3 is 0 Å². The van der Waals surface area contributed by atoms with Gasteiger partial charge in [-0.25, -0.2) is 17.2 Å². The van der Waals surface area contributed by atoms with Crippen LogP contribution in [0.5, 0.6) is 0 Å². The average molecular weight is 292 g/mol. The van der Waals surface area contributed by atoms with Gasteiger partial charge < -0.3 is 10.5 Å². The highest BCUT2D eigenvalue weighted by Gasteiger charge is 2.33. The van der Waals surface area contributed by atoms with Crippen LogP contribution in [0.3, 0.4) is 0 Å². The number of anilines is 1.